The lowest BCUT2D eigenvalue weighted by Crippen LogP contribution is -2.27. The monoisotopic (exact) mass is 322 g/mol. The van der Waals surface area contributed by atoms with Crippen molar-refractivity contribution in [1.29, 1.82) is 0 Å². The fraction of sp³-hybridized carbons (Fsp3) is 0.300. The third kappa shape index (κ3) is 4.22. The van der Waals surface area contributed by atoms with Crippen LogP contribution in [0.25, 0.3) is 11.1 Å². The molecule has 3 aromatic rings. The van der Waals surface area contributed by atoms with Crippen LogP contribution >= 0.6 is 0 Å². The number of nitrogens with zero attached hydrogens (tertiary/aromatic N) is 1. The highest BCUT2D eigenvalue weighted by molar-refractivity contribution is 5.76. The molecular formula is C20H22N2O2. The number of hydrogen-bond donors (Lipinski definition) is 1. The SMILES string of the molecule is CC(CNC(=O)CCCc1nc2ccccc2o1)c1ccccc1. The fourth-order valence-electron chi connectivity index (χ4n) is 2.68. The first-order valence-corrected chi connectivity index (χ1v) is 8.38. The van der Waals surface area contributed by atoms with E-state index in [0.717, 1.165) is 17.5 Å². The zero-order valence-electron chi connectivity index (χ0n) is 13.9. The molecule has 0 bridgehead atoms. The first-order valence-electron chi connectivity index (χ1n) is 8.38. The van der Waals surface area contributed by atoms with Crippen LogP contribution in [-0.4, -0.2) is 17.4 Å². The minimum atomic E-state index is 0.0777. The molecular weight excluding hydrogens is 300 g/mol. The number of aryl methyl sites for hydroxylation is 1. The lowest BCUT2D eigenvalue weighted by Gasteiger charge is -2.12. The van der Waals surface area contributed by atoms with Gasteiger partial charge >= 0.3 is 0 Å². The molecule has 24 heavy (non-hydrogen) atoms. The molecule has 4 nitrogen and oxygen atoms in total. The lowest BCUT2D eigenvalue weighted by atomic mass is 10.0. The number of hydrogen-bond acceptors (Lipinski definition) is 3. The number of rotatable bonds is 7. The number of aromatic nitrogens is 1. The molecule has 3 rings (SSSR count). The predicted molar refractivity (Wildman–Crippen MR) is 94.8 cm³/mol. The van der Waals surface area contributed by atoms with Crippen LogP contribution in [0.1, 0.15) is 37.1 Å². The Morgan fingerprint density at radius 2 is 1.88 bits per heavy atom. The Labute approximate surface area is 141 Å². The zero-order valence-corrected chi connectivity index (χ0v) is 13.9. The largest absolute Gasteiger partial charge is 0.441 e. The van der Waals surface area contributed by atoms with Crippen molar-refractivity contribution in [3.05, 3.63) is 66.1 Å². The maximum absolute atomic E-state index is 12.0. The molecule has 0 fully saturated rings. The average molecular weight is 322 g/mol. The van der Waals surface area contributed by atoms with E-state index in [0.29, 0.717) is 31.2 Å². The first kappa shape index (κ1) is 16.2. The summed E-state index contributed by atoms with van der Waals surface area (Å²) in [5.41, 5.74) is 2.91. The highest BCUT2D eigenvalue weighted by atomic mass is 16.3. The number of benzene rings is 2. The topological polar surface area (TPSA) is 55.1 Å². The molecule has 1 unspecified atom stereocenters. The van der Waals surface area contributed by atoms with E-state index in [2.05, 4.69) is 29.4 Å². The van der Waals surface area contributed by atoms with Crippen LogP contribution in [0.2, 0.25) is 0 Å². The van der Waals surface area contributed by atoms with Crippen molar-refractivity contribution in [3.63, 3.8) is 0 Å². The quantitative estimate of drug-likeness (QED) is 0.713. The van der Waals surface area contributed by atoms with Gasteiger partial charge in [0.2, 0.25) is 5.91 Å². The molecule has 1 amide bonds. The molecule has 0 radical (unpaired) electrons. The van der Waals surface area contributed by atoms with Crippen LogP contribution in [0.15, 0.2) is 59.0 Å². The zero-order chi connectivity index (χ0) is 16.8. The molecule has 0 saturated carbocycles. The molecule has 0 spiro atoms. The Bertz CT molecular complexity index is 763. The van der Waals surface area contributed by atoms with Gasteiger partial charge in [0, 0.05) is 19.4 Å². The van der Waals surface area contributed by atoms with Crippen LogP contribution in [-0.2, 0) is 11.2 Å². The molecule has 0 aliphatic rings. The third-order valence-corrected chi connectivity index (χ3v) is 4.11. The second kappa shape index (κ2) is 7.77. The molecule has 0 saturated heterocycles. The molecule has 1 aromatic heterocycles. The average Bonchev–Trinajstić information content (AvgIpc) is 3.03. The summed E-state index contributed by atoms with van der Waals surface area (Å²) in [4.78, 5) is 16.4. The molecule has 1 N–H and O–H groups in total. The van der Waals surface area contributed by atoms with Gasteiger partial charge in [-0.05, 0) is 30.0 Å². The Hall–Kier alpha value is -2.62. The smallest absolute Gasteiger partial charge is 0.220 e. The van der Waals surface area contributed by atoms with Crippen LogP contribution in [0, 0.1) is 0 Å². The standard InChI is InChI=1S/C20H22N2O2/c1-15(16-8-3-2-4-9-16)14-21-19(23)12-7-13-20-22-17-10-5-6-11-18(17)24-20/h2-6,8-11,15H,7,12-14H2,1H3,(H,21,23). The normalized spacial score (nSPS) is 12.2. The Morgan fingerprint density at radius 3 is 2.67 bits per heavy atom. The second-order valence-corrected chi connectivity index (χ2v) is 6.04. The van der Waals surface area contributed by atoms with Gasteiger partial charge in [0.05, 0.1) is 0 Å². The number of carbonyl (C=O) groups excluding carboxylic acids is 1. The molecule has 1 heterocycles. The summed E-state index contributed by atoms with van der Waals surface area (Å²) < 4.78 is 5.66. The molecule has 4 heteroatoms. The number of oxazole rings is 1. The van der Waals surface area contributed by atoms with Gasteiger partial charge in [0.25, 0.3) is 0 Å². The molecule has 1 atom stereocenters. The van der Waals surface area contributed by atoms with Crippen molar-refractivity contribution in [2.45, 2.75) is 32.1 Å². The summed E-state index contributed by atoms with van der Waals surface area (Å²) in [7, 11) is 0. The third-order valence-electron chi connectivity index (χ3n) is 4.11. The van der Waals surface area contributed by atoms with Crippen molar-refractivity contribution in [2.24, 2.45) is 0 Å². The Balaban J connectivity index is 1.41. The predicted octanol–water partition coefficient (Wildman–Crippen LogP) is 4.07. The highest BCUT2D eigenvalue weighted by Gasteiger charge is 2.09. The number of para-hydroxylation sites is 2. The second-order valence-electron chi connectivity index (χ2n) is 6.04. The van der Waals surface area contributed by atoms with Crippen LogP contribution in [0.4, 0.5) is 0 Å². The van der Waals surface area contributed by atoms with Crippen molar-refractivity contribution in [3.8, 4) is 0 Å². The Morgan fingerprint density at radius 1 is 1.12 bits per heavy atom. The highest BCUT2D eigenvalue weighted by Crippen LogP contribution is 2.16. The van der Waals surface area contributed by atoms with Crippen molar-refractivity contribution in [2.75, 3.05) is 6.54 Å². The van der Waals surface area contributed by atoms with Gasteiger partial charge in [-0.15, -0.1) is 0 Å². The summed E-state index contributed by atoms with van der Waals surface area (Å²) in [5.74, 6) is 1.09. The van der Waals surface area contributed by atoms with Gasteiger partial charge in [-0.25, -0.2) is 4.98 Å². The number of carbonyl (C=O) groups is 1. The van der Waals surface area contributed by atoms with Gasteiger partial charge in [0.1, 0.15) is 5.52 Å². The minimum absolute atomic E-state index is 0.0777. The van der Waals surface area contributed by atoms with E-state index in [1.807, 2.05) is 42.5 Å². The maximum Gasteiger partial charge on any atom is 0.220 e. The number of nitrogens with one attached hydrogen (secondary N) is 1. The minimum Gasteiger partial charge on any atom is -0.441 e. The molecule has 0 aliphatic carbocycles. The van der Waals surface area contributed by atoms with Gasteiger partial charge in [-0.1, -0.05) is 49.4 Å². The van der Waals surface area contributed by atoms with Crippen molar-refractivity contribution < 1.29 is 9.21 Å². The first-order chi connectivity index (χ1) is 11.7. The Kier molecular flexibility index (Phi) is 5.26. The molecule has 0 aliphatic heterocycles. The van der Waals surface area contributed by atoms with E-state index < -0.39 is 0 Å². The van der Waals surface area contributed by atoms with Gasteiger partial charge < -0.3 is 9.73 Å². The van der Waals surface area contributed by atoms with E-state index in [-0.39, 0.29) is 5.91 Å². The molecule has 124 valence electrons. The van der Waals surface area contributed by atoms with E-state index in [1.165, 1.54) is 5.56 Å². The van der Waals surface area contributed by atoms with Crippen LogP contribution in [0.3, 0.4) is 0 Å². The van der Waals surface area contributed by atoms with Gasteiger partial charge in [0.15, 0.2) is 11.5 Å². The summed E-state index contributed by atoms with van der Waals surface area (Å²) in [5, 5.41) is 3.00. The van der Waals surface area contributed by atoms with E-state index in [1.54, 1.807) is 0 Å². The lowest BCUT2D eigenvalue weighted by molar-refractivity contribution is -0.121. The fourth-order valence-corrected chi connectivity index (χ4v) is 2.68. The molecule has 2 aromatic carbocycles. The number of fused-ring (bicyclic) bond motifs is 1. The summed E-state index contributed by atoms with van der Waals surface area (Å²) in [6.07, 6.45) is 1.90. The maximum atomic E-state index is 12.0. The summed E-state index contributed by atoms with van der Waals surface area (Å²) in [6, 6.07) is 17.9. The van der Waals surface area contributed by atoms with E-state index >= 15 is 0 Å². The van der Waals surface area contributed by atoms with Crippen LogP contribution < -0.4 is 5.32 Å². The van der Waals surface area contributed by atoms with E-state index in [4.69, 9.17) is 4.42 Å². The van der Waals surface area contributed by atoms with E-state index in [9.17, 15) is 4.79 Å². The number of amides is 1. The van der Waals surface area contributed by atoms with Crippen molar-refractivity contribution >= 4 is 17.0 Å². The summed E-state index contributed by atoms with van der Waals surface area (Å²) >= 11 is 0. The summed E-state index contributed by atoms with van der Waals surface area (Å²) in [6.45, 7) is 2.78. The van der Waals surface area contributed by atoms with Gasteiger partial charge in [-0.3, -0.25) is 4.79 Å². The van der Waals surface area contributed by atoms with Crippen LogP contribution in [0.5, 0.6) is 0 Å². The van der Waals surface area contributed by atoms with Gasteiger partial charge in [-0.2, -0.15) is 0 Å². The van der Waals surface area contributed by atoms with Crippen molar-refractivity contribution in [1.82, 2.24) is 10.3 Å².